The number of rotatable bonds is 15. The van der Waals surface area contributed by atoms with E-state index in [0.29, 0.717) is 28.5 Å². The number of hydrogen-bond acceptors (Lipinski definition) is 2. The van der Waals surface area contributed by atoms with Crippen LogP contribution in [0, 0.1) is 0 Å². The number of hydrogen-bond donors (Lipinski definition) is 1. The van der Waals surface area contributed by atoms with Crippen LogP contribution in [0.25, 0.3) is 0 Å². The number of benzene rings is 1. The van der Waals surface area contributed by atoms with E-state index in [4.69, 9.17) is 23.2 Å². The van der Waals surface area contributed by atoms with Gasteiger partial charge in [-0.3, -0.25) is 4.79 Å². The topological polar surface area (TPSA) is 37.3 Å². The lowest BCUT2D eigenvalue weighted by atomic mass is 9.85. The van der Waals surface area contributed by atoms with Crippen molar-refractivity contribution in [3.05, 3.63) is 33.8 Å². The van der Waals surface area contributed by atoms with Gasteiger partial charge in [0.25, 0.3) is 0 Å². The number of aliphatic hydroxyl groups is 1. The van der Waals surface area contributed by atoms with Gasteiger partial charge in [0.1, 0.15) is 5.60 Å². The summed E-state index contributed by atoms with van der Waals surface area (Å²) in [4.78, 5) is 12.8. The predicted molar refractivity (Wildman–Crippen MR) is 117 cm³/mol. The molecule has 0 heterocycles. The maximum atomic E-state index is 12.8. The average Bonchev–Trinajstić information content (AvgIpc) is 2.65. The fraction of sp³-hybridized carbons (Fsp3) is 0.696. The molecule has 1 unspecified atom stereocenters. The SMILES string of the molecule is CCCCCCCCCCCCCC(O)(CC)C(=O)c1ccc(Cl)cc1Cl. The monoisotopic (exact) mass is 414 g/mol. The summed E-state index contributed by atoms with van der Waals surface area (Å²) in [6.45, 7) is 4.09. The Balaban J connectivity index is 2.29. The Morgan fingerprint density at radius 2 is 1.41 bits per heavy atom. The third-order valence-corrected chi connectivity index (χ3v) is 5.93. The molecule has 1 N–H and O–H groups in total. The summed E-state index contributed by atoms with van der Waals surface area (Å²) in [5.74, 6) is -0.293. The van der Waals surface area contributed by atoms with Gasteiger partial charge >= 0.3 is 0 Å². The third-order valence-electron chi connectivity index (χ3n) is 5.38. The molecule has 0 saturated carbocycles. The molecule has 0 aliphatic rings. The van der Waals surface area contributed by atoms with Gasteiger partial charge in [0.05, 0.1) is 5.02 Å². The third kappa shape index (κ3) is 8.98. The fourth-order valence-electron chi connectivity index (χ4n) is 3.46. The van der Waals surface area contributed by atoms with Crippen LogP contribution in [0.5, 0.6) is 0 Å². The van der Waals surface area contributed by atoms with Crippen LogP contribution in [0.4, 0.5) is 0 Å². The van der Waals surface area contributed by atoms with Gasteiger partial charge in [-0.05, 0) is 31.0 Å². The molecule has 27 heavy (non-hydrogen) atoms. The Labute approximate surface area is 175 Å². The largest absolute Gasteiger partial charge is 0.382 e. The zero-order valence-corrected chi connectivity index (χ0v) is 18.5. The van der Waals surface area contributed by atoms with E-state index in [9.17, 15) is 9.90 Å². The Morgan fingerprint density at radius 3 is 1.89 bits per heavy atom. The molecule has 0 saturated heterocycles. The molecule has 1 aromatic rings. The van der Waals surface area contributed by atoms with Crippen molar-refractivity contribution >= 4 is 29.0 Å². The fourth-order valence-corrected chi connectivity index (χ4v) is 3.95. The molecule has 0 aliphatic heterocycles. The lowest BCUT2D eigenvalue weighted by molar-refractivity contribution is 0.0238. The lowest BCUT2D eigenvalue weighted by Gasteiger charge is -2.26. The van der Waals surface area contributed by atoms with E-state index in [-0.39, 0.29) is 5.78 Å². The Bertz CT molecular complexity index is 559. The summed E-state index contributed by atoms with van der Waals surface area (Å²) in [5.41, 5.74) is -0.981. The number of carbonyl (C=O) groups excluding carboxylic acids is 1. The van der Waals surface area contributed by atoms with Crippen LogP contribution < -0.4 is 0 Å². The van der Waals surface area contributed by atoms with E-state index in [1.54, 1.807) is 18.2 Å². The minimum absolute atomic E-state index is 0.293. The van der Waals surface area contributed by atoms with Gasteiger partial charge < -0.3 is 5.11 Å². The standard InChI is InChI=1S/C23H36Cl2O2/c1-3-5-6-7-8-9-10-11-12-13-14-17-23(27,4-2)22(26)20-16-15-19(24)18-21(20)25/h15-16,18,27H,3-14,17H2,1-2H3. The van der Waals surface area contributed by atoms with Gasteiger partial charge in [0.2, 0.25) is 0 Å². The Morgan fingerprint density at radius 1 is 0.889 bits per heavy atom. The second kappa shape index (κ2) is 13.6. The highest BCUT2D eigenvalue weighted by Crippen LogP contribution is 2.29. The first-order valence-electron chi connectivity index (χ1n) is 10.7. The van der Waals surface area contributed by atoms with Gasteiger partial charge in [0, 0.05) is 10.6 Å². The Kier molecular flexibility index (Phi) is 12.3. The van der Waals surface area contributed by atoms with Crippen molar-refractivity contribution in [2.24, 2.45) is 0 Å². The molecule has 0 aromatic heterocycles. The van der Waals surface area contributed by atoms with Crippen molar-refractivity contribution in [3.8, 4) is 0 Å². The first-order chi connectivity index (χ1) is 12.9. The molecule has 0 radical (unpaired) electrons. The number of carbonyl (C=O) groups is 1. The first-order valence-corrected chi connectivity index (χ1v) is 11.4. The number of unbranched alkanes of at least 4 members (excludes halogenated alkanes) is 10. The normalized spacial score (nSPS) is 13.5. The van der Waals surface area contributed by atoms with E-state index in [1.165, 1.54) is 57.8 Å². The minimum atomic E-state index is -1.34. The first kappa shape index (κ1) is 24.5. The molecular formula is C23H36Cl2O2. The van der Waals surface area contributed by atoms with Crippen LogP contribution in [-0.2, 0) is 0 Å². The van der Waals surface area contributed by atoms with Crippen LogP contribution in [0.15, 0.2) is 18.2 Å². The summed E-state index contributed by atoms with van der Waals surface area (Å²) in [5, 5.41) is 11.6. The molecule has 0 spiro atoms. The van der Waals surface area contributed by atoms with Crippen LogP contribution in [0.1, 0.15) is 108 Å². The molecule has 0 fully saturated rings. The molecule has 1 atom stereocenters. The smallest absolute Gasteiger partial charge is 0.195 e. The quantitative estimate of drug-likeness (QED) is 0.233. The zero-order chi connectivity index (χ0) is 20.1. The van der Waals surface area contributed by atoms with E-state index >= 15 is 0 Å². The van der Waals surface area contributed by atoms with Crippen LogP contribution in [-0.4, -0.2) is 16.5 Å². The summed E-state index contributed by atoms with van der Waals surface area (Å²) in [6, 6.07) is 4.79. The number of halogens is 2. The van der Waals surface area contributed by atoms with Gasteiger partial charge in [-0.2, -0.15) is 0 Å². The lowest BCUT2D eigenvalue weighted by Crippen LogP contribution is -2.38. The predicted octanol–water partition coefficient (Wildman–Crippen LogP) is 8.02. The second-order valence-electron chi connectivity index (χ2n) is 7.62. The van der Waals surface area contributed by atoms with Crippen molar-refractivity contribution in [3.63, 3.8) is 0 Å². The van der Waals surface area contributed by atoms with Gasteiger partial charge in [-0.15, -0.1) is 0 Å². The second-order valence-corrected chi connectivity index (χ2v) is 8.47. The summed E-state index contributed by atoms with van der Waals surface area (Å²) in [6.07, 6.45) is 14.6. The molecule has 1 aromatic carbocycles. The van der Waals surface area contributed by atoms with Gasteiger partial charge in [-0.25, -0.2) is 0 Å². The molecule has 4 heteroatoms. The van der Waals surface area contributed by atoms with Crippen molar-refractivity contribution in [1.29, 1.82) is 0 Å². The van der Waals surface area contributed by atoms with E-state index in [2.05, 4.69) is 6.92 Å². The average molecular weight is 415 g/mol. The van der Waals surface area contributed by atoms with E-state index in [1.807, 2.05) is 6.92 Å². The van der Waals surface area contributed by atoms with Crippen molar-refractivity contribution in [2.75, 3.05) is 0 Å². The molecule has 2 nitrogen and oxygen atoms in total. The number of Topliss-reactive ketones (excluding diaryl/α,β-unsaturated/α-hetero) is 1. The van der Waals surface area contributed by atoms with Gasteiger partial charge in [-0.1, -0.05) is 108 Å². The maximum Gasteiger partial charge on any atom is 0.195 e. The highest BCUT2D eigenvalue weighted by atomic mass is 35.5. The molecule has 0 aliphatic carbocycles. The zero-order valence-electron chi connectivity index (χ0n) is 17.0. The van der Waals surface area contributed by atoms with Crippen molar-refractivity contribution < 1.29 is 9.90 Å². The minimum Gasteiger partial charge on any atom is -0.382 e. The number of ketones is 1. The van der Waals surface area contributed by atoms with Gasteiger partial charge in [0.15, 0.2) is 5.78 Å². The summed E-state index contributed by atoms with van der Waals surface area (Å²) < 4.78 is 0. The van der Waals surface area contributed by atoms with Crippen LogP contribution in [0.3, 0.4) is 0 Å². The maximum absolute atomic E-state index is 12.8. The molecule has 1 rings (SSSR count). The Hall–Kier alpha value is -0.570. The van der Waals surface area contributed by atoms with Crippen molar-refractivity contribution in [2.45, 2.75) is 103 Å². The summed E-state index contributed by atoms with van der Waals surface area (Å²) in [7, 11) is 0. The van der Waals surface area contributed by atoms with Crippen molar-refractivity contribution in [1.82, 2.24) is 0 Å². The van der Waals surface area contributed by atoms with E-state index in [0.717, 1.165) is 12.8 Å². The summed E-state index contributed by atoms with van der Waals surface area (Å²) >= 11 is 12.0. The molecular weight excluding hydrogens is 379 g/mol. The van der Waals surface area contributed by atoms with Crippen LogP contribution in [0.2, 0.25) is 10.0 Å². The van der Waals surface area contributed by atoms with E-state index < -0.39 is 5.60 Å². The molecule has 0 bridgehead atoms. The molecule has 154 valence electrons. The van der Waals surface area contributed by atoms with Crippen LogP contribution >= 0.6 is 23.2 Å². The highest BCUT2D eigenvalue weighted by Gasteiger charge is 2.35. The molecule has 0 amide bonds. The highest BCUT2D eigenvalue weighted by molar-refractivity contribution is 6.37.